The summed E-state index contributed by atoms with van der Waals surface area (Å²) < 4.78 is 6.35. The lowest BCUT2D eigenvalue weighted by atomic mass is 9.91. The number of aromatic amines is 1. The molecule has 1 fully saturated rings. The molecule has 5 rings (SSSR count). The molecule has 3 aromatic carbocycles. The molecule has 1 amide bonds. The quantitative estimate of drug-likeness (QED) is 0.330. The molecule has 33 heavy (non-hydrogen) atoms. The molecule has 4 nitrogen and oxygen atoms in total. The summed E-state index contributed by atoms with van der Waals surface area (Å²) in [6.07, 6.45) is 2.05. The minimum atomic E-state index is -0.114. The highest BCUT2D eigenvalue weighted by Crippen LogP contribution is 2.48. The largest absolute Gasteiger partial charge is 0.483 e. The van der Waals surface area contributed by atoms with Gasteiger partial charge in [0, 0.05) is 46.6 Å². The van der Waals surface area contributed by atoms with Crippen molar-refractivity contribution in [2.24, 2.45) is 0 Å². The number of H-pyrrole nitrogens is 1. The van der Waals surface area contributed by atoms with Crippen LogP contribution in [-0.2, 0) is 4.79 Å². The monoisotopic (exact) mass is 474 g/mol. The number of hydrogen-bond donors (Lipinski definition) is 2. The normalized spacial score (nSPS) is 14.9. The van der Waals surface area contributed by atoms with Crippen molar-refractivity contribution in [3.8, 4) is 5.75 Å². The van der Waals surface area contributed by atoms with Gasteiger partial charge in [0.15, 0.2) is 6.61 Å². The van der Waals surface area contributed by atoms with Crippen LogP contribution in [0, 0.1) is 0 Å². The molecule has 0 aliphatic carbocycles. The molecule has 0 spiro atoms. The Hall–Kier alpha value is -2.83. The predicted octanol–water partition coefficient (Wildman–Crippen LogP) is 5.97. The van der Waals surface area contributed by atoms with E-state index in [1.807, 2.05) is 72.1 Å². The summed E-state index contributed by atoms with van der Waals surface area (Å²) in [5.41, 5.74) is 4.61. The van der Waals surface area contributed by atoms with E-state index < -0.39 is 0 Å². The fourth-order valence-electron chi connectivity index (χ4n) is 4.23. The number of hydrogen-bond acceptors (Lipinski definition) is 4. The molecular weight excluding hydrogens is 448 g/mol. The van der Waals surface area contributed by atoms with E-state index in [1.165, 1.54) is 22.1 Å². The maximum absolute atomic E-state index is 12.8. The van der Waals surface area contributed by atoms with Crippen molar-refractivity contribution in [2.45, 2.75) is 10.5 Å². The molecule has 1 saturated heterocycles. The molecule has 0 bridgehead atoms. The number of nitrogens with one attached hydrogen (secondary N) is 2. The van der Waals surface area contributed by atoms with E-state index in [0.717, 1.165) is 22.8 Å². The van der Waals surface area contributed by atoms with Gasteiger partial charge in [-0.2, -0.15) is 0 Å². The third-order valence-electron chi connectivity index (χ3n) is 5.86. The fraction of sp³-hybridized carbons (Fsp3) is 0.222. The molecule has 1 aliphatic heterocycles. The Morgan fingerprint density at radius 3 is 2.55 bits per heavy atom. The smallest absolute Gasteiger partial charge is 0.257 e. The molecule has 1 aromatic heterocycles. The summed E-state index contributed by atoms with van der Waals surface area (Å²) in [5.74, 6) is 3.04. The number of fused-ring (bicyclic) bond motifs is 1. The van der Waals surface area contributed by atoms with Crippen molar-refractivity contribution in [3.63, 3.8) is 0 Å². The minimum Gasteiger partial charge on any atom is -0.483 e. The van der Waals surface area contributed by atoms with E-state index in [2.05, 4.69) is 46.8 Å². The second-order valence-electron chi connectivity index (χ2n) is 7.96. The number of carbonyl (C=O) groups excluding carboxylic acids is 1. The van der Waals surface area contributed by atoms with Gasteiger partial charge in [0.25, 0.3) is 5.91 Å². The lowest BCUT2D eigenvalue weighted by Gasteiger charge is -2.19. The zero-order valence-corrected chi connectivity index (χ0v) is 19.8. The average molecular weight is 475 g/mol. The molecule has 0 radical (unpaired) electrons. The number of ether oxygens (including phenoxy) is 1. The zero-order chi connectivity index (χ0) is 22.5. The number of thioether (sulfide) groups is 2. The Morgan fingerprint density at radius 1 is 0.970 bits per heavy atom. The summed E-state index contributed by atoms with van der Waals surface area (Å²) in [6, 6.07) is 26.7. The highest BCUT2D eigenvalue weighted by atomic mass is 32.2. The van der Waals surface area contributed by atoms with Crippen molar-refractivity contribution in [1.82, 2.24) is 10.3 Å². The van der Waals surface area contributed by atoms with E-state index in [0.29, 0.717) is 11.1 Å². The molecule has 2 heterocycles. The molecule has 168 valence electrons. The molecule has 1 atom stereocenters. The van der Waals surface area contributed by atoms with Crippen LogP contribution in [0.2, 0.25) is 0 Å². The Bertz CT molecular complexity index is 1220. The van der Waals surface area contributed by atoms with Gasteiger partial charge < -0.3 is 15.0 Å². The first-order valence-electron chi connectivity index (χ1n) is 11.1. The van der Waals surface area contributed by atoms with E-state index >= 15 is 0 Å². The number of carbonyl (C=O) groups is 1. The lowest BCUT2D eigenvalue weighted by Crippen LogP contribution is -2.32. The van der Waals surface area contributed by atoms with Gasteiger partial charge in [-0.1, -0.05) is 66.7 Å². The number of rotatable bonds is 8. The second-order valence-corrected chi connectivity index (χ2v) is 10.7. The second kappa shape index (κ2) is 10.4. The minimum absolute atomic E-state index is 0.00839. The van der Waals surface area contributed by atoms with Crippen LogP contribution >= 0.6 is 23.5 Å². The summed E-state index contributed by atoms with van der Waals surface area (Å²) in [5, 5.41) is 4.28. The summed E-state index contributed by atoms with van der Waals surface area (Å²) in [7, 11) is 0. The molecule has 1 aliphatic rings. The van der Waals surface area contributed by atoms with Gasteiger partial charge in [0.05, 0.1) is 4.58 Å². The van der Waals surface area contributed by atoms with Crippen LogP contribution in [0.5, 0.6) is 5.75 Å². The first-order chi connectivity index (χ1) is 16.3. The molecule has 4 aromatic rings. The summed E-state index contributed by atoms with van der Waals surface area (Å²) >= 11 is 3.87. The molecule has 2 N–H and O–H groups in total. The van der Waals surface area contributed by atoms with Crippen molar-refractivity contribution in [3.05, 3.63) is 102 Å². The van der Waals surface area contributed by atoms with Crippen LogP contribution in [0.25, 0.3) is 10.9 Å². The lowest BCUT2D eigenvalue weighted by molar-refractivity contribution is -0.123. The first kappa shape index (κ1) is 22.0. The predicted molar refractivity (Wildman–Crippen MR) is 139 cm³/mol. The summed E-state index contributed by atoms with van der Waals surface area (Å²) in [6.45, 7) is 0.512. The van der Waals surface area contributed by atoms with Gasteiger partial charge in [0.1, 0.15) is 5.75 Å². The van der Waals surface area contributed by atoms with E-state index in [1.54, 1.807) is 0 Å². The van der Waals surface area contributed by atoms with Gasteiger partial charge >= 0.3 is 0 Å². The molecular formula is C27H26N2O2S2. The maximum Gasteiger partial charge on any atom is 0.257 e. The van der Waals surface area contributed by atoms with Crippen LogP contribution in [0.1, 0.15) is 27.2 Å². The third kappa shape index (κ3) is 5.07. The Balaban J connectivity index is 1.28. The van der Waals surface area contributed by atoms with E-state index in [4.69, 9.17) is 4.74 Å². The van der Waals surface area contributed by atoms with Gasteiger partial charge in [-0.05, 0) is 23.3 Å². The maximum atomic E-state index is 12.8. The van der Waals surface area contributed by atoms with Crippen LogP contribution in [0.4, 0.5) is 0 Å². The Kier molecular flexibility index (Phi) is 6.93. The number of benzene rings is 3. The fourth-order valence-corrected chi connectivity index (χ4v) is 7.14. The van der Waals surface area contributed by atoms with E-state index in [-0.39, 0.29) is 18.4 Å². The van der Waals surface area contributed by atoms with Crippen molar-refractivity contribution >= 4 is 40.3 Å². The zero-order valence-electron chi connectivity index (χ0n) is 18.2. The van der Waals surface area contributed by atoms with Gasteiger partial charge in [-0.15, -0.1) is 23.5 Å². The molecule has 6 heteroatoms. The van der Waals surface area contributed by atoms with Crippen LogP contribution in [0.3, 0.4) is 0 Å². The van der Waals surface area contributed by atoms with Crippen molar-refractivity contribution < 1.29 is 9.53 Å². The van der Waals surface area contributed by atoms with Crippen LogP contribution in [-0.4, -0.2) is 35.5 Å². The van der Waals surface area contributed by atoms with Gasteiger partial charge in [-0.25, -0.2) is 0 Å². The number of para-hydroxylation sites is 2. The molecule has 1 unspecified atom stereocenters. The topological polar surface area (TPSA) is 54.1 Å². The summed E-state index contributed by atoms with van der Waals surface area (Å²) in [4.78, 5) is 16.1. The highest BCUT2D eigenvalue weighted by molar-refractivity contribution is 8.19. The Labute approximate surface area is 202 Å². The Morgan fingerprint density at radius 2 is 1.70 bits per heavy atom. The first-order valence-corrected chi connectivity index (χ1v) is 13.2. The number of aromatic nitrogens is 1. The average Bonchev–Trinajstić information content (AvgIpc) is 3.55. The molecule has 0 saturated carbocycles. The van der Waals surface area contributed by atoms with Crippen LogP contribution < -0.4 is 10.1 Å². The SMILES string of the molecule is O=C(COc1ccccc1C1SCCS1)NCC(c1ccccc1)c1c[nH]c2ccccc12. The van der Waals surface area contributed by atoms with E-state index in [9.17, 15) is 4.79 Å². The highest BCUT2D eigenvalue weighted by Gasteiger charge is 2.22. The number of amides is 1. The van der Waals surface area contributed by atoms with Crippen molar-refractivity contribution in [1.29, 1.82) is 0 Å². The van der Waals surface area contributed by atoms with Gasteiger partial charge in [0.2, 0.25) is 0 Å². The third-order valence-corrected chi connectivity index (χ3v) is 8.92. The standard InChI is InChI=1S/C27H26N2O2S2/c30-26(18-31-25-13-7-5-11-21(25)27-32-14-15-33-27)29-16-22(19-8-2-1-3-9-19)23-17-28-24-12-6-4-10-20(23)24/h1-13,17,22,27-28H,14-16,18H2,(H,29,30). The van der Waals surface area contributed by atoms with Gasteiger partial charge in [-0.3, -0.25) is 4.79 Å². The van der Waals surface area contributed by atoms with Crippen molar-refractivity contribution in [2.75, 3.05) is 24.7 Å². The van der Waals surface area contributed by atoms with Crippen LogP contribution in [0.15, 0.2) is 85.1 Å².